The number of benzene rings is 3. The first-order chi connectivity index (χ1) is 16.4. The molecule has 0 fully saturated rings. The molecule has 0 aromatic heterocycles. The summed E-state index contributed by atoms with van der Waals surface area (Å²) in [5.41, 5.74) is 3.42. The third-order valence-corrected chi connectivity index (χ3v) is 4.66. The van der Waals surface area contributed by atoms with Crippen LogP contribution in [-0.2, 0) is 9.59 Å². The molecule has 0 radical (unpaired) electrons. The molecule has 0 bridgehead atoms. The van der Waals surface area contributed by atoms with E-state index in [4.69, 9.17) is 25.8 Å². The molecule has 3 rings (SSSR count). The highest BCUT2D eigenvalue weighted by molar-refractivity contribution is 6.39. The maximum atomic E-state index is 12.4. The Morgan fingerprint density at radius 2 is 1.56 bits per heavy atom. The number of amides is 2. The SMILES string of the molecule is COc1ccc(C(=O)Oc2ccc(/C=N\NC(=O)C(=O)Nc3ccc(Cl)cc3)cc2OC)cc1. The van der Waals surface area contributed by atoms with Crippen molar-refractivity contribution in [3.05, 3.63) is 82.9 Å². The van der Waals surface area contributed by atoms with Crippen molar-refractivity contribution in [2.75, 3.05) is 19.5 Å². The van der Waals surface area contributed by atoms with Crippen molar-refractivity contribution in [3.63, 3.8) is 0 Å². The van der Waals surface area contributed by atoms with E-state index in [2.05, 4.69) is 15.8 Å². The van der Waals surface area contributed by atoms with E-state index < -0.39 is 17.8 Å². The lowest BCUT2D eigenvalue weighted by Crippen LogP contribution is -2.32. The van der Waals surface area contributed by atoms with Crippen molar-refractivity contribution >= 4 is 41.3 Å². The Balaban J connectivity index is 1.59. The molecule has 0 unspecified atom stereocenters. The van der Waals surface area contributed by atoms with Gasteiger partial charge in [0.1, 0.15) is 5.75 Å². The molecule has 2 N–H and O–H groups in total. The lowest BCUT2D eigenvalue weighted by Gasteiger charge is -2.10. The lowest BCUT2D eigenvalue weighted by atomic mass is 10.2. The summed E-state index contributed by atoms with van der Waals surface area (Å²) >= 11 is 5.78. The second-order valence-corrected chi connectivity index (χ2v) is 7.12. The highest BCUT2D eigenvalue weighted by atomic mass is 35.5. The van der Waals surface area contributed by atoms with Gasteiger partial charge >= 0.3 is 17.8 Å². The molecule has 2 amide bonds. The van der Waals surface area contributed by atoms with E-state index in [0.717, 1.165) is 0 Å². The number of carbonyl (C=O) groups is 3. The zero-order valence-corrected chi connectivity index (χ0v) is 19.0. The number of anilines is 1. The Hall–Kier alpha value is -4.37. The van der Waals surface area contributed by atoms with E-state index in [9.17, 15) is 14.4 Å². The summed E-state index contributed by atoms with van der Waals surface area (Å²) in [6, 6.07) is 17.4. The van der Waals surface area contributed by atoms with Gasteiger partial charge in [-0.3, -0.25) is 9.59 Å². The number of methoxy groups -OCH3 is 2. The average molecular weight is 482 g/mol. The Bertz CT molecular complexity index is 1210. The molecular weight excluding hydrogens is 462 g/mol. The van der Waals surface area contributed by atoms with Crippen LogP contribution in [0.4, 0.5) is 5.69 Å². The Kier molecular flexibility index (Phi) is 8.20. The van der Waals surface area contributed by atoms with Gasteiger partial charge < -0.3 is 19.5 Å². The van der Waals surface area contributed by atoms with Crippen LogP contribution in [0.5, 0.6) is 17.2 Å². The zero-order valence-electron chi connectivity index (χ0n) is 18.2. The summed E-state index contributed by atoms with van der Waals surface area (Å²) < 4.78 is 15.8. The first-order valence-electron chi connectivity index (χ1n) is 9.84. The number of hydrazone groups is 1. The molecule has 0 saturated heterocycles. The van der Waals surface area contributed by atoms with Crippen LogP contribution in [0, 0.1) is 0 Å². The molecule has 0 spiro atoms. The first kappa shape index (κ1) is 24.3. The summed E-state index contributed by atoms with van der Waals surface area (Å²) in [6.07, 6.45) is 1.31. The Morgan fingerprint density at radius 3 is 2.21 bits per heavy atom. The second kappa shape index (κ2) is 11.5. The van der Waals surface area contributed by atoms with Crippen LogP contribution in [0.15, 0.2) is 71.8 Å². The number of hydrogen-bond acceptors (Lipinski definition) is 7. The van der Waals surface area contributed by atoms with Gasteiger partial charge in [-0.25, -0.2) is 10.2 Å². The predicted octanol–water partition coefficient (Wildman–Crippen LogP) is 3.67. The van der Waals surface area contributed by atoms with Gasteiger partial charge in [0, 0.05) is 10.7 Å². The normalized spacial score (nSPS) is 10.4. The number of ether oxygens (including phenoxy) is 3. The van der Waals surface area contributed by atoms with Crippen LogP contribution in [0.2, 0.25) is 5.02 Å². The quantitative estimate of drug-likeness (QED) is 0.175. The standard InChI is InChI=1S/C24H20ClN3O6/c1-32-19-10-4-16(5-11-19)24(31)34-20-12-3-15(13-21(20)33-2)14-26-28-23(30)22(29)27-18-8-6-17(25)7-9-18/h3-14H,1-2H3,(H,27,29)(H,28,30)/b26-14-. The molecule has 9 nitrogen and oxygen atoms in total. The van der Waals surface area contributed by atoms with Crippen molar-refractivity contribution in [2.45, 2.75) is 0 Å². The van der Waals surface area contributed by atoms with Crippen LogP contribution in [0.25, 0.3) is 0 Å². The van der Waals surface area contributed by atoms with Crippen molar-refractivity contribution in [1.82, 2.24) is 5.43 Å². The number of halogens is 1. The molecule has 10 heteroatoms. The highest BCUT2D eigenvalue weighted by Gasteiger charge is 2.14. The van der Waals surface area contributed by atoms with E-state index in [1.807, 2.05) is 0 Å². The van der Waals surface area contributed by atoms with E-state index in [1.54, 1.807) is 60.7 Å². The number of hydrogen-bond donors (Lipinski definition) is 2. The topological polar surface area (TPSA) is 115 Å². The fraction of sp³-hybridized carbons (Fsp3) is 0.0833. The number of carbonyl (C=O) groups excluding carboxylic acids is 3. The van der Waals surface area contributed by atoms with Gasteiger partial charge in [-0.1, -0.05) is 11.6 Å². The summed E-state index contributed by atoms with van der Waals surface area (Å²) in [6.45, 7) is 0. The fourth-order valence-corrected chi connectivity index (χ4v) is 2.80. The van der Waals surface area contributed by atoms with E-state index in [1.165, 1.54) is 26.5 Å². The predicted molar refractivity (Wildman–Crippen MR) is 127 cm³/mol. The molecular formula is C24H20ClN3O6. The van der Waals surface area contributed by atoms with Gasteiger partial charge in [0.25, 0.3) is 0 Å². The molecule has 0 aliphatic rings. The molecule has 0 heterocycles. The number of esters is 1. The Morgan fingerprint density at radius 1 is 0.853 bits per heavy atom. The van der Waals surface area contributed by atoms with Gasteiger partial charge in [-0.2, -0.15) is 5.10 Å². The van der Waals surface area contributed by atoms with E-state index in [-0.39, 0.29) is 11.5 Å². The third kappa shape index (κ3) is 6.57. The Labute approximate surface area is 200 Å². The van der Waals surface area contributed by atoms with Gasteiger partial charge in [0.2, 0.25) is 0 Å². The van der Waals surface area contributed by atoms with Crippen LogP contribution >= 0.6 is 11.6 Å². The molecule has 0 aliphatic carbocycles. The maximum Gasteiger partial charge on any atom is 0.343 e. The van der Waals surface area contributed by atoms with E-state index >= 15 is 0 Å². The van der Waals surface area contributed by atoms with Crippen LogP contribution < -0.4 is 25.0 Å². The van der Waals surface area contributed by atoms with Crippen molar-refractivity contribution in [3.8, 4) is 17.2 Å². The largest absolute Gasteiger partial charge is 0.497 e. The summed E-state index contributed by atoms with van der Waals surface area (Å²) in [4.78, 5) is 36.2. The van der Waals surface area contributed by atoms with Crippen molar-refractivity contribution < 1.29 is 28.6 Å². The lowest BCUT2D eigenvalue weighted by molar-refractivity contribution is -0.136. The fourth-order valence-electron chi connectivity index (χ4n) is 2.67. The maximum absolute atomic E-state index is 12.4. The molecule has 3 aromatic rings. The molecule has 0 saturated carbocycles. The highest BCUT2D eigenvalue weighted by Crippen LogP contribution is 2.28. The van der Waals surface area contributed by atoms with Crippen LogP contribution in [0.1, 0.15) is 15.9 Å². The minimum atomic E-state index is -0.955. The smallest absolute Gasteiger partial charge is 0.343 e. The van der Waals surface area contributed by atoms with Gasteiger partial charge in [-0.15, -0.1) is 0 Å². The molecule has 34 heavy (non-hydrogen) atoms. The van der Waals surface area contributed by atoms with Gasteiger partial charge in [0.15, 0.2) is 11.5 Å². The molecule has 0 aliphatic heterocycles. The van der Waals surface area contributed by atoms with Gasteiger partial charge in [-0.05, 0) is 72.3 Å². The van der Waals surface area contributed by atoms with Crippen LogP contribution in [-0.4, -0.2) is 38.2 Å². The van der Waals surface area contributed by atoms with Crippen LogP contribution in [0.3, 0.4) is 0 Å². The minimum Gasteiger partial charge on any atom is -0.497 e. The number of nitrogens with one attached hydrogen (secondary N) is 2. The number of nitrogens with zero attached hydrogens (tertiary/aromatic N) is 1. The molecule has 174 valence electrons. The van der Waals surface area contributed by atoms with Crippen molar-refractivity contribution in [2.24, 2.45) is 5.10 Å². The summed E-state index contributed by atoms with van der Waals surface area (Å²) in [5.74, 6) is -1.32. The summed E-state index contributed by atoms with van der Waals surface area (Å²) in [5, 5.41) is 6.69. The van der Waals surface area contributed by atoms with E-state index in [0.29, 0.717) is 27.6 Å². The minimum absolute atomic E-state index is 0.201. The third-order valence-electron chi connectivity index (χ3n) is 4.40. The monoisotopic (exact) mass is 481 g/mol. The molecule has 0 atom stereocenters. The first-order valence-corrected chi connectivity index (χ1v) is 10.2. The molecule has 3 aromatic carbocycles. The zero-order chi connectivity index (χ0) is 24.5. The summed E-state index contributed by atoms with van der Waals surface area (Å²) in [7, 11) is 2.95. The average Bonchev–Trinajstić information content (AvgIpc) is 2.86. The number of rotatable bonds is 7. The van der Waals surface area contributed by atoms with Gasteiger partial charge in [0.05, 0.1) is 26.0 Å². The van der Waals surface area contributed by atoms with Crippen molar-refractivity contribution in [1.29, 1.82) is 0 Å². The second-order valence-electron chi connectivity index (χ2n) is 6.69.